The standard InChI is InChI=1S/C16H17NO5/c1-16-8-7-11(22-16)12(15(19)20)13(16)14(18)17-9-5-3-4-6-10(9)21-2/h3-8,11-13H,1-2H3,(H,17,18)(H,19,20)/t11-,12-,13-,16-/m1/s1. The Balaban J connectivity index is 1.88. The molecule has 2 aliphatic heterocycles. The van der Waals surface area contributed by atoms with Crippen LogP contribution in [0.1, 0.15) is 6.92 Å². The van der Waals surface area contributed by atoms with Crippen molar-refractivity contribution in [2.24, 2.45) is 11.8 Å². The SMILES string of the molecule is COc1ccccc1NC(=O)[C@H]1[C@H](C(=O)O)[C@H]2C=C[C@@]1(C)O2. The van der Waals surface area contributed by atoms with Crippen LogP contribution >= 0.6 is 0 Å². The molecule has 0 unspecified atom stereocenters. The fourth-order valence-electron chi connectivity index (χ4n) is 3.24. The molecule has 3 rings (SSSR count). The Morgan fingerprint density at radius 2 is 2.09 bits per heavy atom. The second kappa shape index (κ2) is 5.14. The molecule has 0 aliphatic carbocycles. The van der Waals surface area contributed by atoms with Crippen molar-refractivity contribution < 1.29 is 24.2 Å². The van der Waals surface area contributed by atoms with Gasteiger partial charge in [0.1, 0.15) is 11.7 Å². The molecule has 0 saturated carbocycles. The molecule has 1 fully saturated rings. The summed E-state index contributed by atoms with van der Waals surface area (Å²) in [5, 5.41) is 12.2. The van der Waals surface area contributed by atoms with Crippen LogP contribution in [0.25, 0.3) is 0 Å². The molecule has 1 saturated heterocycles. The third kappa shape index (κ3) is 2.16. The number of rotatable bonds is 4. The van der Waals surface area contributed by atoms with Crippen molar-refractivity contribution >= 4 is 17.6 Å². The first-order valence-electron chi connectivity index (χ1n) is 7.00. The number of hydrogen-bond donors (Lipinski definition) is 2. The summed E-state index contributed by atoms with van der Waals surface area (Å²) < 4.78 is 10.9. The molecule has 2 bridgehead atoms. The number of methoxy groups -OCH3 is 1. The smallest absolute Gasteiger partial charge is 0.310 e. The molecule has 22 heavy (non-hydrogen) atoms. The zero-order chi connectivity index (χ0) is 15.9. The predicted octanol–water partition coefficient (Wildman–Crippen LogP) is 1.68. The van der Waals surface area contributed by atoms with E-state index in [1.807, 2.05) is 0 Å². The molecule has 6 heteroatoms. The fraction of sp³-hybridized carbons (Fsp3) is 0.375. The Morgan fingerprint density at radius 3 is 2.77 bits per heavy atom. The van der Waals surface area contributed by atoms with Crippen molar-refractivity contribution in [1.29, 1.82) is 0 Å². The first-order chi connectivity index (χ1) is 10.5. The van der Waals surface area contributed by atoms with Crippen molar-refractivity contribution in [3.8, 4) is 5.75 Å². The van der Waals surface area contributed by atoms with Gasteiger partial charge < -0.3 is 19.9 Å². The van der Waals surface area contributed by atoms with Gasteiger partial charge >= 0.3 is 5.97 Å². The summed E-state index contributed by atoms with van der Waals surface area (Å²) in [4.78, 5) is 24.2. The summed E-state index contributed by atoms with van der Waals surface area (Å²) in [6.45, 7) is 1.74. The Hall–Kier alpha value is -2.34. The molecular weight excluding hydrogens is 286 g/mol. The van der Waals surface area contributed by atoms with Crippen LogP contribution in [0.3, 0.4) is 0 Å². The first-order valence-corrected chi connectivity index (χ1v) is 7.00. The Kier molecular flexibility index (Phi) is 3.41. The van der Waals surface area contributed by atoms with Gasteiger partial charge in [-0.15, -0.1) is 0 Å². The Bertz CT molecular complexity index is 656. The highest BCUT2D eigenvalue weighted by molar-refractivity contribution is 5.98. The molecule has 0 spiro atoms. The number of amides is 1. The summed E-state index contributed by atoms with van der Waals surface area (Å²) in [7, 11) is 1.51. The van der Waals surface area contributed by atoms with Crippen LogP contribution in [-0.4, -0.2) is 35.8 Å². The van der Waals surface area contributed by atoms with Gasteiger partial charge in [-0.25, -0.2) is 0 Å². The number of fused-ring (bicyclic) bond motifs is 2. The third-order valence-electron chi connectivity index (χ3n) is 4.27. The zero-order valence-electron chi connectivity index (χ0n) is 12.3. The molecule has 6 nitrogen and oxygen atoms in total. The van der Waals surface area contributed by atoms with Gasteiger partial charge in [-0.1, -0.05) is 24.3 Å². The van der Waals surface area contributed by atoms with Gasteiger partial charge in [0.2, 0.25) is 5.91 Å². The van der Waals surface area contributed by atoms with Crippen molar-refractivity contribution in [1.82, 2.24) is 0 Å². The van der Waals surface area contributed by atoms with E-state index in [0.29, 0.717) is 11.4 Å². The first kappa shape index (κ1) is 14.6. The lowest BCUT2D eigenvalue weighted by Gasteiger charge is -2.28. The number of carboxylic acid groups (broad SMARTS) is 1. The molecule has 1 amide bonds. The quantitative estimate of drug-likeness (QED) is 0.827. The van der Waals surface area contributed by atoms with Crippen LogP contribution < -0.4 is 10.1 Å². The summed E-state index contributed by atoms with van der Waals surface area (Å²) in [5.74, 6) is -2.56. The molecule has 2 aliphatic rings. The van der Waals surface area contributed by atoms with E-state index in [4.69, 9.17) is 9.47 Å². The number of carboxylic acids is 1. The van der Waals surface area contributed by atoms with E-state index in [9.17, 15) is 14.7 Å². The highest BCUT2D eigenvalue weighted by Gasteiger charge is 2.59. The molecule has 116 valence electrons. The molecule has 0 radical (unpaired) electrons. The van der Waals surface area contributed by atoms with Gasteiger partial charge in [-0.05, 0) is 19.1 Å². The van der Waals surface area contributed by atoms with E-state index >= 15 is 0 Å². The van der Waals surface area contributed by atoms with Crippen molar-refractivity contribution in [2.45, 2.75) is 18.6 Å². The molecule has 1 aromatic rings. The maximum atomic E-state index is 12.6. The van der Waals surface area contributed by atoms with E-state index in [2.05, 4.69) is 5.32 Å². The summed E-state index contributed by atoms with van der Waals surface area (Å²) in [6, 6.07) is 6.99. The molecule has 4 atom stereocenters. The molecule has 1 aromatic carbocycles. The van der Waals surface area contributed by atoms with Crippen molar-refractivity contribution in [3.05, 3.63) is 36.4 Å². The van der Waals surface area contributed by atoms with E-state index in [1.54, 1.807) is 43.3 Å². The molecule has 0 aromatic heterocycles. The van der Waals surface area contributed by atoms with Gasteiger partial charge in [0.15, 0.2) is 0 Å². The van der Waals surface area contributed by atoms with Crippen molar-refractivity contribution in [3.63, 3.8) is 0 Å². The van der Waals surface area contributed by atoms with Gasteiger partial charge in [-0.2, -0.15) is 0 Å². The Labute approximate surface area is 127 Å². The lowest BCUT2D eigenvalue weighted by molar-refractivity contribution is -0.146. The number of benzene rings is 1. The summed E-state index contributed by atoms with van der Waals surface area (Å²) >= 11 is 0. The number of nitrogens with one attached hydrogen (secondary N) is 1. The van der Waals surface area contributed by atoms with E-state index in [1.165, 1.54) is 7.11 Å². The number of anilines is 1. The van der Waals surface area contributed by atoms with Crippen LogP contribution in [0.4, 0.5) is 5.69 Å². The molecule has 2 heterocycles. The summed E-state index contributed by atoms with van der Waals surface area (Å²) in [5.41, 5.74) is -0.380. The van der Waals surface area contributed by atoms with Crippen LogP contribution in [0.15, 0.2) is 36.4 Å². The number of para-hydroxylation sites is 2. The monoisotopic (exact) mass is 303 g/mol. The number of hydrogen-bond acceptors (Lipinski definition) is 4. The highest BCUT2D eigenvalue weighted by Crippen LogP contribution is 2.47. The lowest BCUT2D eigenvalue weighted by Crippen LogP contribution is -2.44. The van der Waals surface area contributed by atoms with Gasteiger partial charge in [0.05, 0.1) is 30.4 Å². The lowest BCUT2D eigenvalue weighted by atomic mass is 9.75. The third-order valence-corrected chi connectivity index (χ3v) is 4.27. The number of carbonyl (C=O) groups is 2. The van der Waals surface area contributed by atoms with Crippen LogP contribution in [-0.2, 0) is 14.3 Å². The van der Waals surface area contributed by atoms with Gasteiger partial charge in [0, 0.05) is 0 Å². The topological polar surface area (TPSA) is 84.9 Å². The molecule has 2 N–H and O–H groups in total. The van der Waals surface area contributed by atoms with E-state index in [-0.39, 0.29) is 5.91 Å². The minimum atomic E-state index is -1.03. The van der Waals surface area contributed by atoms with Crippen molar-refractivity contribution in [2.75, 3.05) is 12.4 Å². The summed E-state index contributed by atoms with van der Waals surface area (Å²) in [6.07, 6.45) is 2.92. The second-order valence-corrected chi connectivity index (χ2v) is 5.66. The van der Waals surface area contributed by atoms with E-state index < -0.39 is 29.5 Å². The van der Waals surface area contributed by atoms with Crippen LogP contribution in [0.5, 0.6) is 5.75 Å². The maximum absolute atomic E-state index is 12.6. The minimum absolute atomic E-state index is 0.383. The van der Waals surface area contributed by atoms with Crippen LogP contribution in [0, 0.1) is 11.8 Å². The number of aliphatic carboxylic acids is 1. The maximum Gasteiger partial charge on any atom is 0.310 e. The highest BCUT2D eigenvalue weighted by atomic mass is 16.5. The number of ether oxygens (including phenoxy) is 2. The normalized spacial score (nSPS) is 32.0. The van der Waals surface area contributed by atoms with E-state index in [0.717, 1.165) is 0 Å². The largest absolute Gasteiger partial charge is 0.495 e. The average Bonchev–Trinajstić information content (AvgIpc) is 3.00. The molecular formula is C16H17NO5. The Morgan fingerprint density at radius 1 is 1.36 bits per heavy atom. The zero-order valence-corrected chi connectivity index (χ0v) is 12.3. The fourth-order valence-corrected chi connectivity index (χ4v) is 3.24. The van der Waals surface area contributed by atoms with Gasteiger partial charge in [0.25, 0.3) is 0 Å². The predicted molar refractivity (Wildman–Crippen MR) is 78.7 cm³/mol. The second-order valence-electron chi connectivity index (χ2n) is 5.66. The minimum Gasteiger partial charge on any atom is -0.495 e. The number of carbonyl (C=O) groups excluding carboxylic acids is 1. The van der Waals surface area contributed by atoms with Crippen LogP contribution in [0.2, 0.25) is 0 Å². The average molecular weight is 303 g/mol. The van der Waals surface area contributed by atoms with Gasteiger partial charge in [-0.3, -0.25) is 9.59 Å².